The van der Waals surface area contributed by atoms with Crippen LogP contribution >= 0.6 is 11.3 Å². The van der Waals surface area contributed by atoms with E-state index in [0.29, 0.717) is 28.4 Å². The summed E-state index contributed by atoms with van der Waals surface area (Å²) < 4.78 is 3.69. The molecule has 0 bridgehead atoms. The normalized spacial score (nSPS) is 11.1. The fraction of sp³-hybridized carbons (Fsp3) is 0.100. The number of amides is 1. The third-order valence-electron chi connectivity index (χ3n) is 4.48. The van der Waals surface area contributed by atoms with Crippen molar-refractivity contribution in [2.45, 2.75) is 13.5 Å². The summed E-state index contributed by atoms with van der Waals surface area (Å²) >= 11 is 1.51. The van der Waals surface area contributed by atoms with Crippen molar-refractivity contribution in [2.24, 2.45) is 0 Å². The van der Waals surface area contributed by atoms with Gasteiger partial charge < -0.3 is 5.32 Å². The largest absolute Gasteiger partial charge is 0.345 e. The third kappa shape index (κ3) is 3.33. The van der Waals surface area contributed by atoms with E-state index in [1.54, 1.807) is 24.9 Å². The van der Waals surface area contributed by atoms with Crippen LogP contribution in [0.3, 0.4) is 0 Å². The number of hydrogen-bond acceptors (Lipinski definition) is 7. The Labute approximate surface area is 175 Å². The Kier molecular flexibility index (Phi) is 4.52. The molecule has 10 heteroatoms. The number of pyridine rings is 1. The number of carbonyl (C=O) groups excluding carboxylic acids is 1. The minimum Gasteiger partial charge on any atom is -0.345 e. The number of carbonyl (C=O) groups is 1. The van der Waals surface area contributed by atoms with Crippen LogP contribution in [0.15, 0.2) is 60.9 Å². The highest BCUT2D eigenvalue weighted by atomic mass is 32.1. The summed E-state index contributed by atoms with van der Waals surface area (Å²) in [5.74, 6) is 0.299. The summed E-state index contributed by atoms with van der Waals surface area (Å²) in [5, 5.41) is 5.58. The van der Waals surface area contributed by atoms with Crippen molar-refractivity contribution in [1.29, 1.82) is 0 Å². The van der Waals surface area contributed by atoms with Crippen molar-refractivity contribution in [3.05, 3.63) is 78.0 Å². The predicted octanol–water partition coefficient (Wildman–Crippen LogP) is 2.67. The first-order chi connectivity index (χ1) is 14.7. The van der Waals surface area contributed by atoms with Crippen molar-refractivity contribution in [3.63, 3.8) is 0 Å². The molecule has 0 radical (unpaired) electrons. The number of thiazole rings is 1. The highest BCUT2D eigenvalue weighted by Gasteiger charge is 2.20. The second-order valence-electron chi connectivity index (χ2n) is 6.55. The molecule has 1 N–H and O–H groups in total. The van der Waals surface area contributed by atoms with E-state index in [1.807, 2.05) is 51.9 Å². The van der Waals surface area contributed by atoms with E-state index in [-0.39, 0.29) is 12.5 Å². The van der Waals surface area contributed by atoms with E-state index in [9.17, 15) is 4.79 Å². The molecule has 0 atom stereocenters. The van der Waals surface area contributed by atoms with Gasteiger partial charge in [-0.25, -0.2) is 15.0 Å². The first-order valence-electron chi connectivity index (χ1n) is 9.16. The van der Waals surface area contributed by atoms with Gasteiger partial charge in [0.1, 0.15) is 12.0 Å². The fourth-order valence-corrected chi connectivity index (χ4v) is 3.62. The molecule has 30 heavy (non-hydrogen) atoms. The zero-order chi connectivity index (χ0) is 20.5. The Balaban J connectivity index is 1.46. The average molecular weight is 416 g/mol. The Morgan fingerprint density at radius 1 is 1.17 bits per heavy atom. The summed E-state index contributed by atoms with van der Waals surface area (Å²) in [6, 6.07) is 5.62. The number of hydrogen-bond donors (Lipinski definition) is 1. The van der Waals surface area contributed by atoms with Crippen LogP contribution in [0.5, 0.6) is 0 Å². The number of nitrogens with zero attached hydrogens (tertiary/aromatic N) is 7. The molecule has 0 aliphatic rings. The lowest BCUT2D eigenvalue weighted by Crippen LogP contribution is -2.24. The van der Waals surface area contributed by atoms with Gasteiger partial charge in [0.05, 0.1) is 29.6 Å². The van der Waals surface area contributed by atoms with Crippen LogP contribution in [0, 0.1) is 6.92 Å². The lowest BCUT2D eigenvalue weighted by Gasteiger charge is -2.03. The Morgan fingerprint density at radius 3 is 2.90 bits per heavy atom. The molecule has 0 unspecified atom stereocenters. The number of nitrogens with one attached hydrogen (secondary N) is 1. The van der Waals surface area contributed by atoms with Gasteiger partial charge in [0, 0.05) is 30.2 Å². The summed E-state index contributed by atoms with van der Waals surface area (Å²) in [6.07, 6.45) is 10.5. The first-order valence-corrected chi connectivity index (χ1v) is 10.0. The number of aryl methyl sites for hydroxylation is 1. The van der Waals surface area contributed by atoms with E-state index in [4.69, 9.17) is 0 Å². The topological polar surface area (TPSA) is 103 Å². The number of imidazole rings is 2. The predicted molar refractivity (Wildman–Crippen MR) is 111 cm³/mol. The molecule has 148 valence electrons. The SMILES string of the molecule is Cc1cnc(CNC(=O)c2nc(-c3cn(-c4nccs4)cn3)n3ccccc23)cn1. The van der Waals surface area contributed by atoms with Gasteiger partial charge in [-0.1, -0.05) is 6.07 Å². The van der Waals surface area contributed by atoms with Crippen LogP contribution in [0.25, 0.3) is 22.2 Å². The number of aromatic nitrogens is 7. The second kappa shape index (κ2) is 7.48. The van der Waals surface area contributed by atoms with Gasteiger partial charge >= 0.3 is 0 Å². The standard InChI is InChI=1S/C20H16N8OS/c1-13-8-23-14(9-22-13)10-24-19(29)17-16-4-2-3-6-28(16)18(26-17)15-11-27(12-25-15)20-21-5-7-30-20/h2-9,11-12H,10H2,1H3,(H,24,29). The summed E-state index contributed by atoms with van der Waals surface area (Å²) in [6.45, 7) is 2.13. The molecule has 0 saturated heterocycles. The fourth-order valence-electron chi connectivity index (χ4n) is 3.04. The van der Waals surface area contributed by atoms with Crippen molar-refractivity contribution < 1.29 is 4.79 Å². The van der Waals surface area contributed by atoms with Gasteiger partial charge in [0.25, 0.3) is 5.91 Å². The molecule has 0 fully saturated rings. The lowest BCUT2D eigenvalue weighted by atomic mass is 10.3. The van der Waals surface area contributed by atoms with Crippen LogP contribution < -0.4 is 5.32 Å². The van der Waals surface area contributed by atoms with Gasteiger partial charge in [-0.15, -0.1) is 11.3 Å². The number of fused-ring (bicyclic) bond motifs is 1. The molecule has 5 aromatic rings. The quantitative estimate of drug-likeness (QED) is 0.473. The first kappa shape index (κ1) is 18.1. The molecule has 0 aromatic carbocycles. The summed E-state index contributed by atoms with van der Waals surface area (Å²) in [7, 11) is 0. The van der Waals surface area contributed by atoms with Gasteiger partial charge in [-0.05, 0) is 19.1 Å². The van der Waals surface area contributed by atoms with Crippen molar-refractivity contribution in [3.8, 4) is 16.6 Å². The monoisotopic (exact) mass is 416 g/mol. The Hall–Kier alpha value is -3.92. The minimum atomic E-state index is -0.285. The van der Waals surface area contributed by atoms with Crippen molar-refractivity contribution >= 4 is 22.8 Å². The molecule has 5 rings (SSSR count). The molecule has 0 saturated carbocycles. The molecule has 9 nitrogen and oxygen atoms in total. The minimum absolute atomic E-state index is 0.270. The van der Waals surface area contributed by atoms with E-state index in [2.05, 4.69) is 30.2 Å². The van der Waals surface area contributed by atoms with Crippen LogP contribution in [0.4, 0.5) is 0 Å². The van der Waals surface area contributed by atoms with E-state index < -0.39 is 0 Å². The molecular formula is C20H16N8OS. The molecule has 1 amide bonds. The number of rotatable bonds is 5. The van der Waals surface area contributed by atoms with E-state index >= 15 is 0 Å². The maximum atomic E-state index is 12.9. The van der Waals surface area contributed by atoms with E-state index in [0.717, 1.165) is 10.8 Å². The van der Waals surface area contributed by atoms with Crippen LogP contribution in [0.2, 0.25) is 0 Å². The summed E-state index contributed by atoms with van der Waals surface area (Å²) in [5.41, 5.74) is 3.18. The zero-order valence-electron chi connectivity index (χ0n) is 15.9. The maximum absolute atomic E-state index is 12.9. The van der Waals surface area contributed by atoms with Gasteiger partial charge in [-0.2, -0.15) is 0 Å². The van der Waals surface area contributed by atoms with Crippen LogP contribution in [-0.2, 0) is 6.54 Å². The molecule has 0 aliphatic heterocycles. The molecule has 0 aliphatic carbocycles. The van der Waals surface area contributed by atoms with Crippen LogP contribution in [0.1, 0.15) is 21.9 Å². The molecular weight excluding hydrogens is 400 g/mol. The van der Waals surface area contributed by atoms with Crippen molar-refractivity contribution in [1.82, 2.24) is 39.2 Å². The summed E-state index contributed by atoms with van der Waals surface area (Å²) in [4.78, 5) is 34.7. The lowest BCUT2D eigenvalue weighted by molar-refractivity contribution is 0.0947. The second-order valence-corrected chi connectivity index (χ2v) is 7.43. The molecule has 5 heterocycles. The average Bonchev–Trinajstić information content (AvgIpc) is 3.52. The third-order valence-corrected chi connectivity index (χ3v) is 5.26. The molecule has 5 aromatic heterocycles. The van der Waals surface area contributed by atoms with Crippen molar-refractivity contribution in [2.75, 3.05) is 0 Å². The Bertz CT molecular complexity index is 1320. The highest BCUT2D eigenvalue weighted by Crippen LogP contribution is 2.23. The highest BCUT2D eigenvalue weighted by molar-refractivity contribution is 7.12. The molecule has 0 spiro atoms. The van der Waals surface area contributed by atoms with Gasteiger partial charge in [0.2, 0.25) is 0 Å². The Morgan fingerprint density at radius 2 is 2.10 bits per heavy atom. The van der Waals surface area contributed by atoms with Crippen LogP contribution in [-0.4, -0.2) is 39.8 Å². The zero-order valence-corrected chi connectivity index (χ0v) is 16.7. The van der Waals surface area contributed by atoms with E-state index in [1.165, 1.54) is 11.3 Å². The van der Waals surface area contributed by atoms with Gasteiger partial charge in [0.15, 0.2) is 16.6 Å². The van der Waals surface area contributed by atoms with Gasteiger partial charge in [-0.3, -0.25) is 23.7 Å². The smallest absolute Gasteiger partial charge is 0.272 e. The maximum Gasteiger partial charge on any atom is 0.272 e.